The first kappa shape index (κ1) is 31.5. The van der Waals surface area contributed by atoms with Crippen molar-refractivity contribution in [3.05, 3.63) is 159 Å². The van der Waals surface area contributed by atoms with Crippen molar-refractivity contribution < 1.29 is 13.2 Å². The van der Waals surface area contributed by atoms with Crippen LogP contribution in [0.25, 0.3) is 90.0 Å². The fourth-order valence-electron chi connectivity index (χ4n) is 6.19. The standard InChI is InChI=1S/C21H13FN4O.C21H14N4O/c22-15-4-1-3-13(9-15)18-11-14-10-16(17-6-7-23-12-24-17)20(26-21(14)25-18)19-5-2-8-27-19;1-2-5-14(6-3-1)18-12-15-11-16(17-8-9-22-13-23-17)20(25-21(15)24-18)19-7-4-10-26-19/h1-12H,(H,25,26);1-13H,(H,24,25). The highest BCUT2D eigenvalue weighted by Crippen LogP contribution is 2.36. The minimum absolute atomic E-state index is 0.280. The summed E-state index contributed by atoms with van der Waals surface area (Å²) >= 11 is 0. The summed E-state index contributed by atoms with van der Waals surface area (Å²) in [4.78, 5) is 33.0. The summed E-state index contributed by atoms with van der Waals surface area (Å²) in [5.41, 5.74) is 9.94. The van der Waals surface area contributed by atoms with E-state index in [1.54, 1.807) is 31.0 Å². The highest BCUT2D eigenvalue weighted by molar-refractivity contribution is 5.92. The molecule has 8 heterocycles. The van der Waals surface area contributed by atoms with Crippen LogP contribution in [0.5, 0.6) is 0 Å². The molecule has 0 saturated carbocycles. The fourth-order valence-corrected chi connectivity index (χ4v) is 6.19. The van der Waals surface area contributed by atoms with Crippen molar-refractivity contribution in [2.45, 2.75) is 0 Å². The second-order valence-corrected chi connectivity index (χ2v) is 12.0. The molecule has 8 aromatic heterocycles. The van der Waals surface area contributed by atoms with Crippen LogP contribution in [0.3, 0.4) is 0 Å². The average molecular weight is 695 g/mol. The number of rotatable bonds is 6. The van der Waals surface area contributed by atoms with Gasteiger partial charge in [-0.25, -0.2) is 34.3 Å². The Bertz CT molecular complexity index is 2780. The number of nitrogens with one attached hydrogen (secondary N) is 2. The molecule has 0 saturated heterocycles. The van der Waals surface area contributed by atoms with E-state index in [1.165, 1.54) is 24.8 Å². The highest BCUT2D eigenvalue weighted by Gasteiger charge is 2.18. The van der Waals surface area contributed by atoms with Crippen LogP contribution in [0.4, 0.5) is 4.39 Å². The Hall–Kier alpha value is -7.53. The summed E-state index contributed by atoms with van der Waals surface area (Å²) in [5.74, 6) is 1.07. The van der Waals surface area contributed by atoms with Crippen molar-refractivity contribution in [2.75, 3.05) is 0 Å². The van der Waals surface area contributed by atoms with Crippen LogP contribution in [-0.4, -0.2) is 39.9 Å². The number of fused-ring (bicyclic) bond motifs is 2. The lowest BCUT2D eigenvalue weighted by atomic mass is 10.1. The van der Waals surface area contributed by atoms with Crippen LogP contribution in [0.2, 0.25) is 0 Å². The number of aromatic amines is 2. The van der Waals surface area contributed by atoms with Crippen LogP contribution in [0, 0.1) is 5.82 Å². The zero-order valence-electron chi connectivity index (χ0n) is 27.8. The minimum atomic E-state index is -0.280. The predicted octanol–water partition coefficient (Wildman–Crippen LogP) is 10.0. The number of H-pyrrole nitrogens is 2. The maximum Gasteiger partial charge on any atom is 0.153 e. The van der Waals surface area contributed by atoms with Gasteiger partial charge in [0.2, 0.25) is 0 Å². The monoisotopic (exact) mass is 694 g/mol. The van der Waals surface area contributed by atoms with E-state index in [4.69, 9.17) is 18.8 Å². The van der Waals surface area contributed by atoms with Gasteiger partial charge < -0.3 is 18.8 Å². The van der Waals surface area contributed by atoms with Crippen molar-refractivity contribution in [3.63, 3.8) is 0 Å². The normalized spacial score (nSPS) is 11.1. The lowest BCUT2D eigenvalue weighted by Gasteiger charge is -2.06. The summed E-state index contributed by atoms with van der Waals surface area (Å²) in [6.45, 7) is 0. The summed E-state index contributed by atoms with van der Waals surface area (Å²) in [5, 5.41) is 1.92. The molecule has 0 aliphatic rings. The molecule has 11 heteroatoms. The maximum absolute atomic E-state index is 13.6. The van der Waals surface area contributed by atoms with E-state index in [-0.39, 0.29) is 5.82 Å². The van der Waals surface area contributed by atoms with Crippen molar-refractivity contribution in [1.29, 1.82) is 0 Å². The Labute approximate surface area is 301 Å². The Morgan fingerprint density at radius 3 is 1.55 bits per heavy atom. The van der Waals surface area contributed by atoms with E-state index >= 15 is 0 Å². The molecule has 10 rings (SSSR count). The van der Waals surface area contributed by atoms with Gasteiger partial charge in [-0.05, 0) is 78.4 Å². The lowest BCUT2D eigenvalue weighted by Crippen LogP contribution is -1.92. The van der Waals surface area contributed by atoms with E-state index in [0.29, 0.717) is 22.9 Å². The van der Waals surface area contributed by atoms with E-state index < -0.39 is 0 Å². The number of hydrogen-bond donors (Lipinski definition) is 2. The van der Waals surface area contributed by atoms with Gasteiger partial charge in [-0.3, -0.25) is 0 Å². The van der Waals surface area contributed by atoms with E-state index in [9.17, 15) is 4.39 Å². The molecule has 0 fully saturated rings. The molecule has 0 aliphatic heterocycles. The van der Waals surface area contributed by atoms with Gasteiger partial charge in [0.25, 0.3) is 0 Å². The van der Waals surface area contributed by atoms with Gasteiger partial charge in [-0.2, -0.15) is 0 Å². The number of hydrogen-bond acceptors (Lipinski definition) is 8. The fraction of sp³-hybridized carbons (Fsp3) is 0. The van der Waals surface area contributed by atoms with Crippen molar-refractivity contribution in [1.82, 2.24) is 39.9 Å². The number of aromatic nitrogens is 8. The summed E-state index contributed by atoms with van der Waals surface area (Å²) in [6, 6.07) is 35.9. The molecule has 10 nitrogen and oxygen atoms in total. The smallest absolute Gasteiger partial charge is 0.153 e. The largest absolute Gasteiger partial charge is 0.463 e. The quantitative estimate of drug-likeness (QED) is 0.176. The number of furan rings is 2. The third kappa shape index (κ3) is 6.34. The Morgan fingerprint density at radius 2 is 1.06 bits per heavy atom. The van der Waals surface area contributed by atoms with Gasteiger partial charge in [0.1, 0.15) is 41.2 Å². The minimum Gasteiger partial charge on any atom is -0.463 e. The predicted molar refractivity (Wildman–Crippen MR) is 200 cm³/mol. The summed E-state index contributed by atoms with van der Waals surface area (Å²) < 4.78 is 24.8. The zero-order chi connectivity index (χ0) is 35.6. The Balaban J connectivity index is 0.000000141. The molecule has 0 spiro atoms. The van der Waals surface area contributed by atoms with Crippen LogP contribution in [0.1, 0.15) is 0 Å². The number of halogens is 1. The SMILES string of the molecule is Fc1cccc(-c2cc3cc(-c4ccncn4)c(-c4ccco4)nc3[nH]2)c1.c1ccc(-c2cc3cc(-c4ccncn4)c(-c4ccco4)nc3[nH]2)cc1. The second kappa shape index (κ2) is 13.6. The molecule has 254 valence electrons. The maximum atomic E-state index is 13.6. The molecule has 53 heavy (non-hydrogen) atoms. The van der Waals surface area contributed by atoms with E-state index in [0.717, 1.165) is 67.1 Å². The van der Waals surface area contributed by atoms with Gasteiger partial charge >= 0.3 is 0 Å². The highest BCUT2D eigenvalue weighted by atomic mass is 19.1. The molecule has 0 amide bonds. The van der Waals surface area contributed by atoms with Crippen LogP contribution < -0.4 is 0 Å². The zero-order valence-corrected chi connectivity index (χ0v) is 27.8. The van der Waals surface area contributed by atoms with Crippen LogP contribution in [0.15, 0.2) is 162 Å². The summed E-state index contributed by atoms with van der Waals surface area (Å²) in [7, 11) is 0. The van der Waals surface area contributed by atoms with Gasteiger partial charge in [-0.15, -0.1) is 0 Å². The number of pyridine rings is 2. The molecular weight excluding hydrogens is 668 g/mol. The van der Waals surface area contributed by atoms with Gasteiger partial charge in [0, 0.05) is 51.2 Å². The van der Waals surface area contributed by atoms with Crippen LogP contribution in [-0.2, 0) is 0 Å². The van der Waals surface area contributed by atoms with Crippen molar-refractivity contribution in [3.8, 4) is 67.9 Å². The molecule has 0 radical (unpaired) electrons. The second-order valence-electron chi connectivity index (χ2n) is 12.0. The van der Waals surface area contributed by atoms with E-state index in [2.05, 4.69) is 54.2 Å². The first-order chi connectivity index (χ1) is 26.2. The molecule has 10 aromatic rings. The Morgan fingerprint density at radius 1 is 0.509 bits per heavy atom. The third-order valence-corrected chi connectivity index (χ3v) is 8.66. The molecule has 0 aliphatic carbocycles. The number of benzene rings is 2. The first-order valence-electron chi connectivity index (χ1n) is 16.7. The van der Waals surface area contributed by atoms with Gasteiger partial charge in [0.15, 0.2) is 11.5 Å². The molecule has 0 atom stereocenters. The summed E-state index contributed by atoms with van der Waals surface area (Å²) in [6.07, 6.45) is 9.71. The topological polar surface area (TPSA) is 135 Å². The van der Waals surface area contributed by atoms with Gasteiger partial charge in [0.05, 0.1) is 23.9 Å². The van der Waals surface area contributed by atoms with Crippen molar-refractivity contribution in [2.24, 2.45) is 0 Å². The van der Waals surface area contributed by atoms with Crippen molar-refractivity contribution >= 4 is 22.1 Å². The molecule has 0 unspecified atom stereocenters. The molecule has 0 bridgehead atoms. The Kier molecular flexibility index (Phi) is 8.10. The number of nitrogens with zero attached hydrogens (tertiary/aromatic N) is 6. The first-order valence-corrected chi connectivity index (χ1v) is 16.7. The van der Waals surface area contributed by atoms with Gasteiger partial charge in [-0.1, -0.05) is 42.5 Å². The molecular formula is C42H27FN8O2. The molecule has 2 aromatic carbocycles. The average Bonchev–Trinajstić information content (AvgIpc) is 4.06. The van der Waals surface area contributed by atoms with E-state index in [1.807, 2.05) is 72.8 Å². The molecule has 2 N–H and O–H groups in total. The third-order valence-electron chi connectivity index (χ3n) is 8.66. The lowest BCUT2D eigenvalue weighted by molar-refractivity contribution is 0.580. The van der Waals surface area contributed by atoms with Crippen LogP contribution >= 0.6 is 0 Å².